The van der Waals surface area contributed by atoms with Gasteiger partial charge in [-0.1, -0.05) is 60.7 Å². The molecule has 4 fully saturated rings. The van der Waals surface area contributed by atoms with Crippen LogP contribution in [0, 0.1) is 11.8 Å². The van der Waals surface area contributed by atoms with Crippen LogP contribution in [-0.4, -0.2) is 22.9 Å². The first kappa shape index (κ1) is 16.2. The Morgan fingerprint density at radius 3 is 1.92 bits per heavy atom. The topological polar surface area (TPSA) is 29.5 Å². The third-order valence-electron chi connectivity index (χ3n) is 6.43. The second-order valence-electron chi connectivity index (χ2n) is 8.20. The highest BCUT2D eigenvalue weighted by Gasteiger charge is 2.48. The SMILES string of the molecule is O=C(c1ccccc1)C(ON1C2CC3CC(C2)CC1C3)c1ccccc1. The minimum atomic E-state index is -0.559. The first-order chi connectivity index (χ1) is 12.8. The maximum atomic E-state index is 13.3. The van der Waals surface area contributed by atoms with E-state index in [0.29, 0.717) is 17.6 Å². The van der Waals surface area contributed by atoms with E-state index in [4.69, 9.17) is 4.84 Å². The van der Waals surface area contributed by atoms with Crippen molar-refractivity contribution < 1.29 is 9.63 Å². The molecule has 6 rings (SSSR count). The number of carbonyl (C=O) groups excluding carboxylic acids is 1. The first-order valence-electron chi connectivity index (χ1n) is 9.87. The van der Waals surface area contributed by atoms with Crippen LogP contribution in [0.25, 0.3) is 0 Å². The Morgan fingerprint density at radius 2 is 1.35 bits per heavy atom. The van der Waals surface area contributed by atoms with Crippen molar-refractivity contribution in [2.24, 2.45) is 11.8 Å². The van der Waals surface area contributed by atoms with Gasteiger partial charge in [-0.15, -0.1) is 0 Å². The second kappa shape index (κ2) is 6.64. The van der Waals surface area contributed by atoms with Gasteiger partial charge in [0.1, 0.15) is 0 Å². The second-order valence-corrected chi connectivity index (χ2v) is 8.20. The van der Waals surface area contributed by atoms with Crippen molar-refractivity contribution in [1.29, 1.82) is 0 Å². The highest BCUT2D eigenvalue weighted by Crippen LogP contribution is 2.50. The quantitative estimate of drug-likeness (QED) is 0.727. The molecule has 2 heterocycles. The Bertz CT molecular complexity index is 745. The molecule has 2 aromatic rings. The van der Waals surface area contributed by atoms with Crippen LogP contribution in [0.5, 0.6) is 0 Å². The number of rotatable bonds is 5. The molecule has 2 saturated heterocycles. The van der Waals surface area contributed by atoms with Crippen molar-refractivity contribution in [3.05, 3.63) is 71.8 Å². The maximum Gasteiger partial charge on any atom is 0.198 e. The maximum absolute atomic E-state index is 13.3. The van der Waals surface area contributed by atoms with Gasteiger partial charge in [0, 0.05) is 17.6 Å². The molecule has 2 aromatic carbocycles. The van der Waals surface area contributed by atoms with Crippen LogP contribution in [0.2, 0.25) is 0 Å². The molecule has 0 N–H and O–H groups in total. The summed E-state index contributed by atoms with van der Waals surface area (Å²) in [5, 5.41) is 2.21. The smallest absolute Gasteiger partial charge is 0.198 e. The summed E-state index contributed by atoms with van der Waals surface area (Å²) >= 11 is 0. The van der Waals surface area contributed by atoms with E-state index in [2.05, 4.69) is 5.06 Å². The van der Waals surface area contributed by atoms with E-state index in [1.54, 1.807) is 0 Å². The predicted octanol–water partition coefficient (Wildman–Crippen LogP) is 4.81. The molecule has 26 heavy (non-hydrogen) atoms. The zero-order chi connectivity index (χ0) is 17.5. The van der Waals surface area contributed by atoms with Crippen LogP contribution in [0.3, 0.4) is 0 Å². The van der Waals surface area contributed by atoms with Gasteiger partial charge in [-0.2, -0.15) is 5.06 Å². The number of hydrogen-bond acceptors (Lipinski definition) is 3. The van der Waals surface area contributed by atoms with Crippen molar-refractivity contribution >= 4 is 5.78 Å². The standard InChI is InChI=1S/C23H25NO2/c25-22(18-7-3-1-4-8-18)23(19-9-5-2-6-10-19)26-24-20-12-16-11-17(14-20)15-21(24)13-16/h1-10,16-17,20-21,23H,11-15H2. The van der Waals surface area contributed by atoms with E-state index < -0.39 is 6.10 Å². The molecule has 134 valence electrons. The van der Waals surface area contributed by atoms with Gasteiger partial charge in [0.05, 0.1) is 0 Å². The Balaban J connectivity index is 1.44. The Labute approximate surface area is 154 Å². The van der Waals surface area contributed by atoms with E-state index in [-0.39, 0.29) is 5.78 Å². The summed E-state index contributed by atoms with van der Waals surface area (Å²) in [6.07, 6.45) is 5.77. The molecular formula is C23H25NO2. The van der Waals surface area contributed by atoms with Crippen LogP contribution >= 0.6 is 0 Å². The summed E-state index contributed by atoms with van der Waals surface area (Å²) in [6, 6.07) is 20.5. The molecule has 4 bridgehead atoms. The lowest BCUT2D eigenvalue weighted by Gasteiger charge is -2.55. The lowest BCUT2D eigenvalue weighted by Crippen LogP contribution is -2.58. The average Bonchev–Trinajstić information content (AvgIpc) is 2.68. The summed E-state index contributed by atoms with van der Waals surface area (Å²) in [6.45, 7) is 0. The van der Waals surface area contributed by atoms with Crippen molar-refractivity contribution in [1.82, 2.24) is 5.06 Å². The molecule has 1 unspecified atom stereocenters. The Hall–Kier alpha value is -1.97. The lowest BCUT2D eigenvalue weighted by atomic mass is 9.64. The summed E-state index contributed by atoms with van der Waals surface area (Å²) in [5.74, 6) is 1.79. The van der Waals surface area contributed by atoms with Gasteiger partial charge < -0.3 is 0 Å². The number of benzene rings is 2. The van der Waals surface area contributed by atoms with Gasteiger partial charge in [-0.25, -0.2) is 0 Å². The van der Waals surface area contributed by atoms with Gasteiger partial charge >= 0.3 is 0 Å². The number of hydroxylamine groups is 2. The molecule has 3 heteroatoms. The fraction of sp³-hybridized carbons (Fsp3) is 0.435. The van der Waals surface area contributed by atoms with Crippen molar-refractivity contribution in [2.45, 2.75) is 50.3 Å². The highest BCUT2D eigenvalue weighted by atomic mass is 16.7. The Kier molecular flexibility index (Phi) is 4.14. The number of Topliss-reactive ketones (excluding diaryl/α,β-unsaturated/α-hetero) is 1. The molecule has 2 saturated carbocycles. The number of hydrogen-bond donors (Lipinski definition) is 0. The zero-order valence-electron chi connectivity index (χ0n) is 15.0. The van der Waals surface area contributed by atoms with Gasteiger partial charge in [0.15, 0.2) is 11.9 Å². The monoisotopic (exact) mass is 347 g/mol. The van der Waals surface area contributed by atoms with Crippen LogP contribution < -0.4 is 0 Å². The molecule has 0 radical (unpaired) electrons. The van der Waals surface area contributed by atoms with Gasteiger partial charge in [-0.3, -0.25) is 9.63 Å². The number of piperidine rings is 2. The molecule has 4 aliphatic rings. The molecule has 1 atom stereocenters. The van der Waals surface area contributed by atoms with Crippen molar-refractivity contribution in [3.8, 4) is 0 Å². The number of ketones is 1. The van der Waals surface area contributed by atoms with Crippen LogP contribution in [0.15, 0.2) is 60.7 Å². The first-order valence-corrected chi connectivity index (χ1v) is 9.87. The van der Waals surface area contributed by atoms with E-state index in [0.717, 1.165) is 17.4 Å². The van der Waals surface area contributed by atoms with E-state index in [1.165, 1.54) is 32.1 Å². The molecule has 0 amide bonds. The molecule has 2 aliphatic heterocycles. The van der Waals surface area contributed by atoms with E-state index in [9.17, 15) is 4.79 Å². The minimum Gasteiger partial charge on any atom is -0.291 e. The molecule has 0 aromatic heterocycles. The van der Waals surface area contributed by atoms with Gasteiger partial charge in [0.2, 0.25) is 0 Å². The van der Waals surface area contributed by atoms with Crippen LogP contribution in [-0.2, 0) is 4.84 Å². The zero-order valence-corrected chi connectivity index (χ0v) is 15.0. The van der Waals surface area contributed by atoms with E-state index >= 15 is 0 Å². The average molecular weight is 347 g/mol. The summed E-state index contributed by atoms with van der Waals surface area (Å²) in [5.41, 5.74) is 1.65. The summed E-state index contributed by atoms with van der Waals surface area (Å²) in [4.78, 5) is 19.8. The van der Waals surface area contributed by atoms with Gasteiger partial charge in [-0.05, 0) is 49.5 Å². The molecule has 0 spiro atoms. The molecule has 2 aliphatic carbocycles. The van der Waals surface area contributed by atoms with Crippen molar-refractivity contribution in [2.75, 3.05) is 0 Å². The third kappa shape index (κ3) is 2.89. The fourth-order valence-corrected chi connectivity index (χ4v) is 5.43. The predicted molar refractivity (Wildman–Crippen MR) is 101 cm³/mol. The number of carbonyl (C=O) groups is 1. The van der Waals surface area contributed by atoms with E-state index in [1.807, 2.05) is 60.7 Å². The Morgan fingerprint density at radius 1 is 0.808 bits per heavy atom. The summed E-state index contributed by atoms with van der Waals surface area (Å²) < 4.78 is 0. The highest BCUT2D eigenvalue weighted by molar-refractivity contribution is 6.00. The lowest BCUT2D eigenvalue weighted by molar-refractivity contribution is -0.282. The minimum absolute atomic E-state index is 0.0469. The van der Waals surface area contributed by atoms with Crippen LogP contribution in [0.1, 0.15) is 54.1 Å². The number of nitrogens with zero attached hydrogens (tertiary/aromatic N) is 1. The largest absolute Gasteiger partial charge is 0.291 e. The molecule has 3 nitrogen and oxygen atoms in total. The summed E-state index contributed by atoms with van der Waals surface area (Å²) in [7, 11) is 0. The normalized spacial score (nSPS) is 31.1. The fourth-order valence-electron chi connectivity index (χ4n) is 5.43. The van der Waals surface area contributed by atoms with Gasteiger partial charge in [0.25, 0.3) is 0 Å². The molecular weight excluding hydrogens is 322 g/mol. The van der Waals surface area contributed by atoms with Crippen molar-refractivity contribution in [3.63, 3.8) is 0 Å². The third-order valence-corrected chi connectivity index (χ3v) is 6.43. The van der Waals surface area contributed by atoms with Crippen LogP contribution in [0.4, 0.5) is 0 Å².